The van der Waals surface area contributed by atoms with E-state index in [1.54, 1.807) is 0 Å². The summed E-state index contributed by atoms with van der Waals surface area (Å²) < 4.78 is 1.14. The van der Waals surface area contributed by atoms with Crippen LogP contribution in [0.25, 0.3) is 10.9 Å². The maximum atomic E-state index is 3.69. The SMILES string of the molecule is Cc1ccc(SCc2[nH]c3ccc(Br)cc3c2CN2CCN(C)CC2)cc1. The van der Waals surface area contributed by atoms with Gasteiger partial charge in [0.15, 0.2) is 0 Å². The molecule has 4 rings (SSSR count). The van der Waals surface area contributed by atoms with Crippen LogP contribution in [0.15, 0.2) is 51.8 Å². The van der Waals surface area contributed by atoms with Crippen molar-refractivity contribution in [1.82, 2.24) is 14.8 Å². The number of thioether (sulfide) groups is 1. The topological polar surface area (TPSA) is 22.3 Å². The van der Waals surface area contributed by atoms with Crippen molar-refractivity contribution in [2.45, 2.75) is 24.1 Å². The molecule has 1 fully saturated rings. The summed E-state index contributed by atoms with van der Waals surface area (Å²) in [6.07, 6.45) is 0. The molecule has 0 aliphatic carbocycles. The Kier molecular flexibility index (Phi) is 5.93. The second kappa shape index (κ2) is 8.39. The van der Waals surface area contributed by atoms with Gasteiger partial charge in [-0.3, -0.25) is 4.90 Å². The van der Waals surface area contributed by atoms with Gasteiger partial charge in [0.2, 0.25) is 0 Å². The van der Waals surface area contributed by atoms with E-state index in [0.717, 1.165) is 42.9 Å². The maximum absolute atomic E-state index is 3.69. The fourth-order valence-corrected chi connectivity index (χ4v) is 4.85. The van der Waals surface area contributed by atoms with E-state index < -0.39 is 0 Å². The molecule has 0 spiro atoms. The molecule has 3 aromatic rings. The summed E-state index contributed by atoms with van der Waals surface area (Å²) in [7, 11) is 2.21. The van der Waals surface area contributed by atoms with Crippen molar-refractivity contribution in [3.8, 4) is 0 Å². The summed E-state index contributed by atoms with van der Waals surface area (Å²) in [5, 5.41) is 1.35. The molecule has 2 aromatic carbocycles. The van der Waals surface area contributed by atoms with Crippen molar-refractivity contribution in [2.24, 2.45) is 0 Å². The van der Waals surface area contributed by atoms with E-state index in [9.17, 15) is 0 Å². The highest BCUT2D eigenvalue weighted by Crippen LogP contribution is 2.31. The highest BCUT2D eigenvalue weighted by molar-refractivity contribution is 9.10. The van der Waals surface area contributed by atoms with Crippen molar-refractivity contribution in [1.29, 1.82) is 0 Å². The van der Waals surface area contributed by atoms with E-state index in [0.29, 0.717) is 0 Å². The summed E-state index contributed by atoms with van der Waals surface area (Å²) in [5.74, 6) is 0.971. The molecule has 0 bridgehead atoms. The van der Waals surface area contributed by atoms with Crippen LogP contribution in [0.3, 0.4) is 0 Å². The first-order chi connectivity index (χ1) is 13.1. The van der Waals surface area contributed by atoms with E-state index in [-0.39, 0.29) is 0 Å². The molecule has 1 aromatic heterocycles. The molecule has 5 heteroatoms. The molecular weight excluding hydrogens is 418 g/mol. The first-order valence-corrected chi connectivity index (χ1v) is 11.3. The molecule has 27 heavy (non-hydrogen) atoms. The Morgan fingerprint density at radius 1 is 1.04 bits per heavy atom. The lowest BCUT2D eigenvalue weighted by Crippen LogP contribution is -2.43. The third-order valence-corrected chi connectivity index (χ3v) is 6.87. The van der Waals surface area contributed by atoms with Crippen LogP contribution in [-0.4, -0.2) is 48.0 Å². The quantitative estimate of drug-likeness (QED) is 0.542. The van der Waals surface area contributed by atoms with Gasteiger partial charge < -0.3 is 9.88 Å². The van der Waals surface area contributed by atoms with E-state index in [1.807, 2.05) is 11.8 Å². The fraction of sp³-hybridized carbons (Fsp3) is 0.364. The van der Waals surface area contributed by atoms with Gasteiger partial charge in [-0.15, -0.1) is 11.8 Å². The Morgan fingerprint density at radius 2 is 1.78 bits per heavy atom. The number of H-pyrrole nitrogens is 1. The second-order valence-electron chi connectivity index (χ2n) is 7.45. The van der Waals surface area contributed by atoms with Crippen LogP contribution in [0, 0.1) is 6.92 Å². The highest BCUT2D eigenvalue weighted by Gasteiger charge is 2.19. The lowest BCUT2D eigenvalue weighted by molar-refractivity contribution is 0.148. The highest BCUT2D eigenvalue weighted by atomic mass is 79.9. The maximum Gasteiger partial charge on any atom is 0.0460 e. The average Bonchev–Trinajstić information content (AvgIpc) is 3.00. The lowest BCUT2D eigenvalue weighted by atomic mass is 10.1. The Labute approximate surface area is 174 Å². The number of halogens is 1. The number of likely N-dealkylation sites (N-methyl/N-ethyl adjacent to an activating group) is 1. The van der Waals surface area contributed by atoms with Crippen molar-refractivity contribution in [2.75, 3.05) is 33.2 Å². The van der Waals surface area contributed by atoms with E-state index in [2.05, 4.69) is 87.1 Å². The van der Waals surface area contributed by atoms with Crippen molar-refractivity contribution in [3.63, 3.8) is 0 Å². The van der Waals surface area contributed by atoms with Crippen LogP contribution >= 0.6 is 27.7 Å². The predicted octanol–water partition coefficient (Wildman–Crippen LogP) is 5.28. The van der Waals surface area contributed by atoms with Gasteiger partial charge in [0.05, 0.1) is 0 Å². The van der Waals surface area contributed by atoms with Gasteiger partial charge in [-0.1, -0.05) is 33.6 Å². The normalized spacial score (nSPS) is 16.3. The molecule has 1 saturated heterocycles. The summed E-state index contributed by atoms with van der Waals surface area (Å²) in [6.45, 7) is 7.74. The van der Waals surface area contributed by atoms with E-state index in [4.69, 9.17) is 0 Å². The number of nitrogens with zero attached hydrogens (tertiary/aromatic N) is 2. The number of aromatic amines is 1. The van der Waals surface area contributed by atoms with Crippen LogP contribution in [0.4, 0.5) is 0 Å². The second-order valence-corrected chi connectivity index (χ2v) is 9.42. The fourth-order valence-electron chi connectivity index (χ4n) is 3.60. The molecule has 0 atom stereocenters. The van der Waals surface area contributed by atoms with Gasteiger partial charge in [-0.05, 0) is 49.9 Å². The van der Waals surface area contributed by atoms with Gasteiger partial charge in [-0.25, -0.2) is 0 Å². The van der Waals surface area contributed by atoms with Crippen LogP contribution in [0.2, 0.25) is 0 Å². The summed E-state index contributed by atoms with van der Waals surface area (Å²) in [6, 6.07) is 15.4. The van der Waals surface area contributed by atoms with Crippen LogP contribution < -0.4 is 0 Å². The monoisotopic (exact) mass is 443 g/mol. The minimum Gasteiger partial charge on any atom is -0.357 e. The van der Waals surface area contributed by atoms with Gasteiger partial charge >= 0.3 is 0 Å². The number of piperazine rings is 1. The zero-order chi connectivity index (χ0) is 18.8. The Hall–Kier alpha value is -1.27. The molecule has 1 aliphatic rings. The number of aryl methyl sites for hydroxylation is 1. The molecule has 0 amide bonds. The van der Waals surface area contributed by atoms with E-state index >= 15 is 0 Å². The predicted molar refractivity (Wildman–Crippen MR) is 120 cm³/mol. The number of fused-ring (bicyclic) bond motifs is 1. The largest absolute Gasteiger partial charge is 0.357 e. The van der Waals surface area contributed by atoms with Crippen molar-refractivity contribution >= 4 is 38.6 Å². The summed E-state index contributed by atoms with van der Waals surface area (Å²) in [5.41, 5.74) is 5.36. The standard InChI is InChI=1S/C22H26BrN3S/c1-16-3-6-18(7-4-16)27-15-22-20(14-26-11-9-25(2)10-12-26)19-13-17(23)5-8-21(19)24-22/h3-8,13,24H,9-12,14-15H2,1-2H3. The number of benzene rings is 2. The molecule has 0 radical (unpaired) electrons. The van der Waals surface area contributed by atoms with Crippen LogP contribution in [0.5, 0.6) is 0 Å². The minimum atomic E-state index is 0.971. The molecule has 142 valence electrons. The third-order valence-electron chi connectivity index (χ3n) is 5.34. The Bertz CT molecular complexity index is 911. The molecule has 0 saturated carbocycles. The molecule has 0 unspecified atom stereocenters. The van der Waals surface area contributed by atoms with Gasteiger partial charge in [0.1, 0.15) is 0 Å². The minimum absolute atomic E-state index is 0.971. The average molecular weight is 444 g/mol. The summed E-state index contributed by atoms with van der Waals surface area (Å²) in [4.78, 5) is 10.0. The Morgan fingerprint density at radius 3 is 2.52 bits per heavy atom. The van der Waals surface area contributed by atoms with Crippen molar-refractivity contribution < 1.29 is 0 Å². The first-order valence-electron chi connectivity index (χ1n) is 9.48. The molecule has 1 N–H and O–H groups in total. The number of hydrogen-bond donors (Lipinski definition) is 1. The number of rotatable bonds is 5. The van der Waals surface area contributed by atoms with Gasteiger partial charge in [-0.2, -0.15) is 0 Å². The van der Waals surface area contributed by atoms with Crippen LogP contribution in [-0.2, 0) is 12.3 Å². The molecule has 1 aliphatic heterocycles. The van der Waals surface area contributed by atoms with Crippen molar-refractivity contribution in [3.05, 3.63) is 63.8 Å². The zero-order valence-electron chi connectivity index (χ0n) is 16.0. The van der Waals surface area contributed by atoms with Gasteiger partial charge in [0.25, 0.3) is 0 Å². The summed E-state index contributed by atoms with van der Waals surface area (Å²) >= 11 is 5.56. The number of aromatic nitrogens is 1. The molecule has 3 nitrogen and oxygen atoms in total. The first kappa shape index (κ1) is 19.1. The third kappa shape index (κ3) is 4.60. The number of nitrogens with one attached hydrogen (secondary N) is 1. The zero-order valence-corrected chi connectivity index (χ0v) is 18.4. The molecular formula is C22H26BrN3S. The van der Waals surface area contributed by atoms with E-state index in [1.165, 1.54) is 32.6 Å². The smallest absolute Gasteiger partial charge is 0.0460 e. The molecule has 2 heterocycles. The number of hydrogen-bond acceptors (Lipinski definition) is 3. The van der Waals surface area contributed by atoms with Crippen LogP contribution in [0.1, 0.15) is 16.8 Å². The Balaban J connectivity index is 1.59. The van der Waals surface area contributed by atoms with Gasteiger partial charge in [0, 0.05) is 64.4 Å². The lowest BCUT2D eigenvalue weighted by Gasteiger charge is -2.32.